The number of likely N-dealkylation sites (N-methyl/N-ethyl adjacent to an activating group) is 2. The van der Waals surface area contributed by atoms with Crippen LogP contribution in [-0.4, -0.2) is 108 Å². The number of carbonyl (C=O) groups excluding carboxylic acids is 2. The molecule has 0 unspecified atom stereocenters. The standard InChI is InChI=1S/C18H34N4O2S/c1-3-19-7-11-21(12-8-19)17(23)5-15-25-16-6-18(24)22-13-9-20(4-2)10-14-22/h3-16H2,1-2H3. The highest BCUT2D eigenvalue weighted by Crippen LogP contribution is 2.11. The topological polar surface area (TPSA) is 47.1 Å². The lowest BCUT2D eigenvalue weighted by Gasteiger charge is -2.34. The second-order valence-electron chi connectivity index (χ2n) is 6.74. The number of hydrogen-bond donors (Lipinski definition) is 0. The monoisotopic (exact) mass is 370 g/mol. The first kappa shape index (κ1) is 20.5. The van der Waals surface area contributed by atoms with E-state index in [4.69, 9.17) is 0 Å². The maximum Gasteiger partial charge on any atom is 0.223 e. The van der Waals surface area contributed by atoms with Crippen molar-refractivity contribution in [2.75, 3.05) is 77.0 Å². The first-order valence-electron chi connectivity index (χ1n) is 9.72. The number of rotatable bonds is 8. The van der Waals surface area contributed by atoms with Gasteiger partial charge < -0.3 is 19.6 Å². The number of carbonyl (C=O) groups is 2. The normalized spacial score (nSPS) is 20.1. The van der Waals surface area contributed by atoms with Crippen LogP contribution >= 0.6 is 11.8 Å². The van der Waals surface area contributed by atoms with Crippen LogP contribution in [0.25, 0.3) is 0 Å². The first-order chi connectivity index (χ1) is 12.1. The maximum absolute atomic E-state index is 12.2. The van der Waals surface area contributed by atoms with Crippen molar-refractivity contribution < 1.29 is 9.59 Å². The molecule has 0 aliphatic carbocycles. The zero-order valence-electron chi connectivity index (χ0n) is 15.9. The zero-order chi connectivity index (χ0) is 18.1. The van der Waals surface area contributed by atoms with Gasteiger partial charge in [0.05, 0.1) is 0 Å². The minimum atomic E-state index is 0.269. The molecule has 7 heteroatoms. The van der Waals surface area contributed by atoms with Gasteiger partial charge in [-0.25, -0.2) is 0 Å². The number of hydrogen-bond acceptors (Lipinski definition) is 5. The molecule has 144 valence electrons. The highest BCUT2D eigenvalue weighted by molar-refractivity contribution is 7.99. The Morgan fingerprint density at radius 1 is 0.680 bits per heavy atom. The average molecular weight is 371 g/mol. The van der Waals surface area contributed by atoms with Crippen LogP contribution in [0.4, 0.5) is 0 Å². The molecular formula is C18H34N4O2S. The summed E-state index contributed by atoms with van der Waals surface area (Å²) >= 11 is 1.73. The first-order valence-corrected chi connectivity index (χ1v) is 10.9. The fraction of sp³-hybridized carbons (Fsp3) is 0.889. The molecule has 0 radical (unpaired) electrons. The van der Waals surface area contributed by atoms with Crippen molar-refractivity contribution in [3.05, 3.63) is 0 Å². The van der Waals surface area contributed by atoms with E-state index in [1.807, 2.05) is 9.80 Å². The highest BCUT2D eigenvalue weighted by atomic mass is 32.2. The summed E-state index contributed by atoms with van der Waals surface area (Å²) in [4.78, 5) is 33.2. The van der Waals surface area contributed by atoms with Crippen LogP contribution in [0.15, 0.2) is 0 Å². The van der Waals surface area contributed by atoms with Crippen LogP contribution in [0.2, 0.25) is 0 Å². The van der Waals surface area contributed by atoms with Crippen LogP contribution in [-0.2, 0) is 9.59 Å². The number of thioether (sulfide) groups is 1. The summed E-state index contributed by atoms with van der Waals surface area (Å²) in [6.07, 6.45) is 1.19. The Balaban J connectivity index is 1.51. The van der Waals surface area contributed by atoms with Crippen molar-refractivity contribution in [3.63, 3.8) is 0 Å². The molecule has 2 aliphatic heterocycles. The molecule has 0 spiro atoms. The molecule has 0 bridgehead atoms. The number of amides is 2. The van der Waals surface area contributed by atoms with E-state index in [-0.39, 0.29) is 11.8 Å². The SMILES string of the molecule is CCN1CCN(C(=O)CCSCCC(=O)N2CCN(CC)CC2)CC1. The minimum absolute atomic E-state index is 0.269. The third-order valence-corrected chi connectivity index (χ3v) is 6.25. The lowest BCUT2D eigenvalue weighted by Crippen LogP contribution is -2.48. The van der Waals surface area contributed by atoms with Crippen LogP contribution in [0, 0.1) is 0 Å². The highest BCUT2D eigenvalue weighted by Gasteiger charge is 2.21. The molecular weight excluding hydrogens is 336 g/mol. The molecule has 0 saturated carbocycles. The van der Waals surface area contributed by atoms with E-state index in [1.54, 1.807) is 11.8 Å². The van der Waals surface area contributed by atoms with Gasteiger partial charge in [0.15, 0.2) is 0 Å². The quantitative estimate of drug-likeness (QED) is 0.592. The summed E-state index contributed by atoms with van der Waals surface area (Å²) < 4.78 is 0. The van der Waals surface area contributed by atoms with E-state index >= 15 is 0 Å². The Hall–Kier alpha value is -0.790. The molecule has 2 aliphatic rings. The summed E-state index contributed by atoms with van der Waals surface area (Å²) in [5, 5.41) is 0. The van der Waals surface area contributed by atoms with Crippen molar-refractivity contribution in [1.29, 1.82) is 0 Å². The third kappa shape index (κ3) is 6.79. The molecule has 0 N–H and O–H groups in total. The van der Waals surface area contributed by atoms with Crippen LogP contribution in [0.1, 0.15) is 26.7 Å². The fourth-order valence-electron chi connectivity index (χ4n) is 3.36. The number of piperazine rings is 2. The molecule has 6 nitrogen and oxygen atoms in total. The van der Waals surface area contributed by atoms with Crippen molar-refractivity contribution in [1.82, 2.24) is 19.6 Å². The molecule has 2 rings (SSSR count). The van der Waals surface area contributed by atoms with Crippen molar-refractivity contribution >= 4 is 23.6 Å². The zero-order valence-corrected chi connectivity index (χ0v) is 16.7. The summed E-state index contributed by atoms with van der Waals surface area (Å²) in [5.74, 6) is 2.18. The van der Waals surface area contributed by atoms with E-state index < -0.39 is 0 Å². The summed E-state index contributed by atoms with van der Waals surface area (Å²) in [6, 6.07) is 0. The average Bonchev–Trinajstić information content (AvgIpc) is 2.67. The lowest BCUT2D eigenvalue weighted by molar-refractivity contribution is -0.133. The molecule has 2 heterocycles. The van der Waals surface area contributed by atoms with E-state index in [2.05, 4.69) is 23.6 Å². The van der Waals surface area contributed by atoms with Crippen molar-refractivity contribution in [2.24, 2.45) is 0 Å². The van der Waals surface area contributed by atoms with Gasteiger partial charge in [-0.1, -0.05) is 13.8 Å². The molecule has 2 saturated heterocycles. The molecule has 2 fully saturated rings. The van der Waals surface area contributed by atoms with Gasteiger partial charge in [-0.15, -0.1) is 0 Å². The Kier molecular flexibility index (Phi) is 9.06. The number of nitrogens with zero attached hydrogens (tertiary/aromatic N) is 4. The van der Waals surface area contributed by atoms with Crippen molar-refractivity contribution in [3.8, 4) is 0 Å². The molecule has 2 amide bonds. The van der Waals surface area contributed by atoms with Gasteiger partial charge in [-0.2, -0.15) is 11.8 Å². The van der Waals surface area contributed by atoms with Crippen LogP contribution in [0.3, 0.4) is 0 Å². The predicted octanol–water partition coefficient (Wildman–Crippen LogP) is 0.828. The Bertz CT molecular complexity index is 381. The van der Waals surface area contributed by atoms with E-state index in [9.17, 15) is 9.59 Å². The third-order valence-electron chi connectivity index (χ3n) is 5.26. The molecule has 25 heavy (non-hydrogen) atoms. The molecule has 0 aromatic rings. The van der Waals surface area contributed by atoms with Gasteiger partial charge in [-0.05, 0) is 13.1 Å². The Labute approximate surface area is 156 Å². The van der Waals surface area contributed by atoms with Gasteiger partial charge in [0, 0.05) is 76.7 Å². The molecule has 0 aromatic carbocycles. The summed E-state index contributed by atoms with van der Waals surface area (Å²) in [5.41, 5.74) is 0. The largest absolute Gasteiger partial charge is 0.340 e. The van der Waals surface area contributed by atoms with E-state index in [0.717, 1.165) is 77.0 Å². The maximum atomic E-state index is 12.2. The van der Waals surface area contributed by atoms with E-state index in [0.29, 0.717) is 12.8 Å². The van der Waals surface area contributed by atoms with Gasteiger partial charge in [0.2, 0.25) is 11.8 Å². The second kappa shape index (κ2) is 11.0. The van der Waals surface area contributed by atoms with Gasteiger partial charge >= 0.3 is 0 Å². The Morgan fingerprint density at radius 3 is 1.36 bits per heavy atom. The van der Waals surface area contributed by atoms with Gasteiger partial charge in [-0.3, -0.25) is 9.59 Å². The second-order valence-corrected chi connectivity index (χ2v) is 7.97. The van der Waals surface area contributed by atoms with E-state index in [1.165, 1.54) is 0 Å². The van der Waals surface area contributed by atoms with Gasteiger partial charge in [0.1, 0.15) is 0 Å². The minimum Gasteiger partial charge on any atom is -0.340 e. The van der Waals surface area contributed by atoms with Crippen molar-refractivity contribution in [2.45, 2.75) is 26.7 Å². The van der Waals surface area contributed by atoms with Crippen LogP contribution < -0.4 is 0 Å². The lowest BCUT2D eigenvalue weighted by atomic mass is 10.3. The summed E-state index contributed by atoms with van der Waals surface area (Å²) in [7, 11) is 0. The predicted molar refractivity (Wildman–Crippen MR) is 104 cm³/mol. The Morgan fingerprint density at radius 2 is 1.04 bits per heavy atom. The smallest absolute Gasteiger partial charge is 0.223 e. The molecule has 0 aromatic heterocycles. The summed E-state index contributed by atoms with van der Waals surface area (Å²) in [6.45, 7) is 13.9. The fourth-order valence-corrected chi connectivity index (χ4v) is 4.21. The van der Waals surface area contributed by atoms with Gasteiger partial charge in [0.25, 0.3) is 0 Å². The molecule has 0 atom stereocenters. The van der Waals surface area contributed by atoms with Crippen LogP contribution in [0.5, 0.6) is 0 Å².